The summed E-state index contributed by atoms with van der Waals surface area (Å²) in [5, 5.41) is 0. The van der Waals surface area contributed by atoms with E-state index in [2.05, 4.69) is 20.9 Å². The summed E-state index contributed by atoms with van der Waals surface area (Å²) < 4.78 is 0. The van der Waals surface area contributed by atoms with Gasteiger partial charge in [-0.05, 0) is 43.0 Å². The zero-order valence-corrected chi connectivity index (χ0v) is 14.5. The first-order chi connectivity index (χ1) is 12.2. The molecule has 2 fully saturated rings. The predicted octanol–water partition coefficient (Wildman–Crippen LogP) is 2.89. The molecule has 1 atom stereocenters. The number of rotatable bonds is 3. The zero-order chi connectivity index (χ0) is 17.1. The van der Waals surface area contributed by atoms with Crippen LogP contribution in [0.3, 0.4) is 0 Å². The van der Waals surface area contributed by atoms with Crippen LogP contribution in [-0.2, 0) is 11.3 Å². The van der Waals surface area contributed by atoms with Gasteiger partial charge in [-0.2, -0.15) is 0 Å². The van der Waals surface area contributed by atoms with Crippen molar-refractivity contribution in [3.05, 3.63) is 54.5 Å². The molecule has 0 bridgehead atoms. The molecular weight excluding hydrogens is 312 g/mol. The van der Waals surface area contributed by atoms with Gasteiger partial charge in [0.2, 0.25) is 5.91 Å². The Morgan fingerprint density at radius 1 is 1.08 bits per heavy atom. The van der Waals surface area contributed by atoms with Gasteiger partial charge < -0.3 is 9.80 Å². The van der Waals surface area contributed by atoms with Crippen LogP contribution in [0.2, 0.25) is 0 Å². The van der Waals surface area contributed by atoms with E-state index in [1.54, 1.807) is 6.20 Å². The van der Waals surface area contributed by atoms with Crippen LogP contribution in [0, 0.1) is 5.41 Å². The van der Waals surface area contributed by atoms with Gasteiger partial charge in [-0.1, -0.05) is 12.1 Å². The molecule has 2 aliphatic heterocycles. The molecule has 5 heteroatoms. The smallest absolute Gasteiger partial charge is 0.222 e. The first-order valence-corrected chi connectivity index (χ1v) is 9.07. The fraction of sp³-hybridized carbons (Fsp3) is 0.450. The lowest BCUT2D eigenvalue weighted by molar-refractivity contribution is -0.138. The largest absolute Gasteiger partial charge is 0.356 e. The monoisotopic (exact) mass is 336 g/mol. The van der Waals surface area contributed by atoms with E-state index in [4.69, 9.17) is 0 Å². The first kappa shape index (κ1) is 16.1. The average Bonchev–Trinajstić information content (AvgIpc) is 2.67. The molecule has 4 rings (SSSR count). The molecule has 0 aliphatic carbocycles. The Labute approximate surface area is 148 Å². The number of carbonyl (C=O) groups is 1. The van der Waals surface area contributed by atoms with Crippen molar-refractivity contribution in [2.45, 2.75) is 32.2 Å². The van der Waals surface area contributed by atoms with Gasteiger partial charge in [0.15, 0.2) is 0 Å². The fourth-order valence-electron chi connectivity index (χ4n) is 4.24. The molecule has 2 aromatic heterocycles. The predicted molar refractivity (Wildman–Crippen MR) is 97.0 cm³/mol. The zero-order valence-electron chi connectivity index (χ0n) is 14.5. The molecule has 1 spiro atoms. The molecule has 2 saturated heterocycles. The van der Waals surface area contributed by atoms with Crippen molar-refractivity contribution in [1.82, 2.24) is 14.9 Å². The third kappa shape index (κ3) is 3.50. The number of piperidine rings is 2. The summed E-state index contributed by atoms with van der Waals surface area (Å²) in [7, 11) is 0. The quantitative estimate of drug-likeness (QED) is 0.865. The lowest BCUT2D eigenvalue weighted by atomic mass is 9.73. The number of amides is 1. The summed E-state index contributed by atoms with van der Waals surface area (Å²) in [6.45, 7) is 3.54. The second-order valence-corrected chi connectivity index (χ2v) is 7.32. The van der Waals surface area contributed by atoms with Crippen molar-refractivity contribution in [3.63, 3.8) is 0 Å². The van der Waals surface area contributed by atoms with Crippen LogP contribution < -0.4 is 4.90 Å². The Bertz CT molecular complexity index is 721. The summed E-state index contributed by atoms with van der Waals surface area (Å²) in [5.41, 5.74) is 1.29. The summed E-state index contributed by atoms with van der Waals surface area (Å²) in [6.07, 6.45) is 9.47. The Balaban J connectivity index is 1.50. The van der Waals surface area contributed by atoms with Crippen molar-refractivity contribution in [2.75, 3.05) is 24.5 Å². The minimum atomic E-state index is 0.186. The van der Waals surface area contributed by atoms with Crippen molar-refractivity contribution >= 4 is 11.7 Å². The molecule has 0 radical (unpaired) electrons. The second kappa shape index (κ2) is 6.82. The maximum atomic E-state index is 12.5. The molecule has 5 nitrogen and oxygen atoms in total. The summed E-state index contributed by atoms with van der Waals surface area (Å²) >= 11 is 0. The molecular formula is C20H24N4O. The maximum Gasteiger partial charge on any atom is 0.222 e. The number of nitrogens with zero attached hydrogens (tertiary/aromatic N) is 4. The van der Waals surface area contributed by atoms with Crippen LogP contribution in [0.15, 0.2) is 48.9 Å². The number of likely N-dealkylation sites (tertiary alicyclic amines) is 1. The van der Waals surface area contributed by atoms with Crippen molar-refractivity contribution < 1.29 is 4.79 Å². The van der Waals surface area contributed by atoms with Gasteiger partial charge in [-0.15, -0.1) is 0 Å². The molecule has 2 aromatic rings. The van der Waals surface area contributed by atoms with E-state index in [0.29, 0.717) is 13.0 Å². The highest BCUT2D eigenvalue weighted by Gasteiger charge is 2.41. The standard InChI is InChI=1S/C20H24N4O/c25-19-7-9-20(16-24(19)14-17-5-3-10-21-13-17)8-4-12-23(15-20)18-6-1-2-11-22-18/h1-3,5-6,10-11,13H,4,7-9,12,14-16H2/t20-/m1/s1. The number of pyridine rings is 2. The van der Waals surface area contributed by atoms with Gasteiger partial charge in [0.25, 0.3) is 0 Å². The third-order valence-electron chi connectivity index (χ3n) is 5.48. The Kier molecular flexibility index (Phi) is 4.38. The highest BCUT2D eigenvalue weighted by Crippen LogP contribution is 2.40. The number of anilines is 1. The molecule has 0 aromatic carbocycles. The fourth-order valence-corrected chi connectivity index (χ4v) is 4.24. The average molecular weight is 336 g/mol. The highest BCUT2D eigenvalue weighted by atomic mass is 16.2. The molecule has 2 aliphatic rings. The van der Waals surface area contributed by atoms with E-state index >= 15 is 0 Å². The van der Waals surface area contributed by atoms with Crippen LogP contribution in [0.25, 0.3) is 0 Å². The van der Waals surface area contributed by atoms with E-state index in [-0.39, 0.29) is 11.3 Å². The minimum absolute atomic E-state index is 0.186. The van der Waals surface area contributed by atoms with Gasteiger partial charge in [-0.25, -0.2) is 4.98 Å². The second-order valence-electron chi connectivity index (χ2n) is 7.32. The lowest BCUT2D eigenvalue weighted by Gasteiger charge is -2.48. The van der Waals surface area contributed by atoms with E-state index in [9.17, 15) is 4.79 Å². The number of carbonyl (C=O) groups excluding carboxylic acids is 1. The molecule has 0 saturated carbocycles. The number of hydrogen-bond donors (Lipinski definition) is 0. The Morgan fingerprint density at radius 2 is 2.04 bits per heavy atom. The minimum Gasteiger partial charge on any atom is -0.356 e. The van der Waals surface area contributed by atoms with Crippen molar-refractivity contribution in [2.24, 2.45) is 5.41 Å². The third-order valence-corrected chi connectivity index (χ3v) is 5.48. The van der Waals surface area contributed by atoms with Crippen LogP contribution in [0.4, 0.5) is 5.82 Å². The topological polar surface area (TPSA) is 49.3 Å². The molecule has 130 valence electrons. The molecule has 25 heavy (non-hydrogen) atoms. The van der Waals surface area contributed by atoms with Crippen molar-refractivity contribution in [3.8, 4) is 0 Å². The van der Waals surface area contributed by atoms with Gasteiger partial charge >= 0.3 is 0 Å². The van der Waals surface area contributed by atoms with Gasteiger partial charge in [-0.3, -0.25) is 9.78 Å². The van der Waals surface area contributed by atoms with Crippen LogP contribution in [-0.4, -0.2) is 40.4 Å². The van der Waals surface area contributed by atoms with Gasteiger partial charge in [0.1, 0.15) is 5.82 Å². The number of hydrogen-bond acceptors (Lipinski definition) is 4. The maximum absolute atomic E-state index is 12.5. The summed E-state index contributed by atoms with van der Waals surface area (Å²) in [4.78, 5) is 25.6. The lowest BCUT2D eigenvalue weighted by Crippen LogP contribution is -2.54. The van der Waals surface area contributed by atoms with Crippen molar-refractivity contribution in [1.29, 1.82) is 0 Å². The van der Waals surface area contributed by atoms with Crippen LogP contribution in [0.5, 0.6) is 0 Å². The van der Waals surface area contributed by atoms with E-state index in [1.165, 1.54) is 6.42 Å². The molecule has 4 heterocycles. The van der Waals surface area contributed by atoms with Crippen LogP contribution in [0.1, 0.15) is 31.2 Å². The van der Waals surface area contributed by atoms with E-state index < -0.39 is 0 Å². The number of aromatic nitrogens is 2. The molecule has 0 N–H and O–H groups in total. The summed E-state index contributed by atoms with van der Waals surface area (Å²) in [6, 6.07) is 10.1. The highest BCUT2D eigenvalue weighted by molar-refractivity contribution is 5.77. The Hall–Kier alpha value is -2.43. The van der Waals surface area contributed by atoms with Gasteiger partial charge in [0.05, 0.1) is 0 Å². The molecule has 1 amide bonds. The van der Waals surface area contributed by atoms with Crippen LogP contribution >= 0.6 is 0 Å². The first-order valence-electron chi connectivity index (χ1n) is 9.07. The van der Waals surface area contributed by atoms with Gasteiger partial charge in [0, 0.05) is 56.6 Å². The van der Waals surface area contributed by atoms with E-state index in [1.807, 2.05) is 41.6 Å². The SMILES string of the molecule is O=C1CC[C@@]2(CCCN(c3ccccn3)C2)CN1Cc1cccnc1. The van der Waals surface area contributed by atoms with E-state index in [0.717, 1.165) is 43.9 Å². The normalized spacial score (nSPS) is 23.9. The Morgan fingerprint density at radius 3 is 2.84 bits per heavy atom. The molecule has 0 unspecified atom stereocenters. The summed E-state index contributed by atoms with van der Waals surface area (Å²) in [5.74, 6) is 1.32.